The molecule has 0 aliphatic carbocycles. The molecule has 1 aromatic rings. The highest BCUT2D eigenvalue weighted by Gasteiger charge is 2.18. The third kappa shape index (κ3) is 5.17. The Labute approximate surface area is 119 Å². The van der Waals surface area contributed by atoms with Crippen molar-refractivity contribution in [3.63, 3.8) is 0 Å². The highest BCUT2D eigenvalue weighted by atomic mass is 19.1. The van der Waals surface area contributed by atoms with Gasteiger partial charge in [-0.25, -0.2) is 4.39 Å². The van der Waals surface area contributed by atoms with Crippen LogP contribution in [0.3, 0.4) is 0 Å². The monoisotopic (exact) mass is 282 g/mol. The first kappa shape index (κ1) is 16.4. The summed E-state index contributed by atoms with van der Waals surface area (Å²) in [6.45, 7) is 4.78. The molecule has 3 N–H and O–H groups in total. The number of ether oxygens (including phenoxy) is 1. The summed E-state index contributed by atoms with van der Waals surface area (Å²) >= 11 is 0. The van der Waals surface area contributed by atoms with Gasteiger partial charge in [-0.15, -0.1) is 0 Å². The van der Waals surface area contributed by atoms with Crippen molar-refractivity contribution in [2.45, 2.75) is 33.1 Å². The van der Waals surface area contributed by atoms with Gasteiger partial charge in [-0.1, -0.05) is 13.8 Å². The zero-order valence-corrected chi connectivity index (χ0v) is 12.3. The summed E-state index contributed by atoms with van der Waals surface area (Å²) in [6, 6.07) is 4.36. The largest absolute Gasteiger partial charge is 0.494 e. The van der Waals surface area contributed by atoms with E-state index in [1.54, 1.807) is 6.07 Å². The maximum atomic E-state index is 13.5. The number of carbonyl (C=O) groups excluding carboxylic acids is 1. The van der Waals surface area contributed by atoms with E-state index in [1.165, 1.54) is 19.2 Å². The van der Waals surface area contributed by atoms with Crippen LogP contribution in [0.1, 0.15) is 33.1 Å². The van der Waals surface area contributed by atoms with Crippen LogP contribution in [0, 0.1) is 11.2 Å². The molecule has 0 heterocycles. The lowest BCUT2D eigenvalue weighted by Gasteiger charge is -2.23. The van der Waals surface area contributed by atoms with Crippen molar-refractivity contribution in [1.82, 2.24) is 0 Å². The van der Waals surface area contributed by atoms with E-state index < -0.39 is 5.82 Å². The summed E-state index contributed by atoms with van der Waals surface area (Å²) in [6.07, 6.45) is 2.01. The second-order valence-corrected chi connectivity index (χ2v) is 5.60. The smallest absolute Gasteiger partial charge is 0.224 e. The van der Waals surface area contributed by atoms with E-state index in [0.717, 1.165) is 12.8 Å². The third-order valence-electron chi connectivity index (χ3n) is 3.29. The first-order valence-electron chi connectivity index (χ1n) is 6.71. The van der Waals surface area contributed by atoms with E-state index in [4.69, 9.17) is 10.5 Å². The topological polar surface area (TPSA) is 64.3 Å². The fraction of sp³-hybridized carbons (Fsp3) is 0.533. The molecule has 1 amide bonds. The standard InChI is InChI=1S/C15H23FN2O2/c1-15(2,8-9-17)7-6-14(19)18-11-4-5-13(20-3)12(16)10-11/h4-5,10H,6-9,17H2,1-3H3,(H,18,19). The SMILES string of the molecule is COc1ccc(NC(=O)CCC(C)(C)CCN)cc1F. The van der Waals surface area contributed by atoms with E-state index in [2.05, 4.69) is 19.2 Å². The third-order valence-corrected chi connectivity index (χ3v) is 3.29. The average Bonchev–Trinajstić information content (AvgIpc) is 2.37. The summed E-state index contributed by atoms with van der Waals surface area (Å²) < 4.78 is 18.3. The molecule has 5 heteroatoms. The summed E-state index contributed by atoms with van der Waals surface area (Å²) in [4.78, 5) is 11.8. The Morgan fingerprint density at radius 3 is 2.65 bits per heavy atom. The Kier molecular flexibility index (Phi) is 5.95. The zero-order valence-electron chi connectivity index (χ0n) is 12.3. The van der Waals surface area contributed by atoms with E-state index in [9.17, 15) is 9.18 Å². The molecule has 1 aromatic carbocycles. The average molecular weight is 282 g/mol. The van der Waals surface area contributed by atoms with Gasteiger partial charge in [-0.2, -0.15) is 0 Å². The molecule has 0 spiro atoms. The molecule has 0 aromatic heterocycles. The van der Waals surface area contributed by atoms with Crippen LogP contribution in [0.15, 0.2) is 18.2 Å². The number of methoxy groups -OCH3 is 1. The van der Waals surface area contributed by atoms with Crippen LogP contribution in [0.5, 0.6) is 5.75 Å². The molecule has 4 nitrogen and oxygen atoms in total. The predicted octanol–water partition coefficient (Wildman–Crippen LogP) is 2.93. The van der Waals surface area contributed by atoms with Gasteiger partial charge in [0.25, 0.3) is 0 Å². The molecular weight excluding hydrogens is 259 g/mol. The van der Waals surface area contributed by atoms with Crippen molar-refractivity contribution in [2.75, 3.05) is 19.0 Å². The molecule has 0 radical (unpaired) electrons. The van der Waals surface area contributed by atoms with Crippen LogP contribution in [-0.4, -0.2) is 19.6 Å². The lowest BCUT2D eigenvalue weighted by molar-refractivity contribution is -0.116. The number of hydrogen-bond donors (Lipinski definition) is 2. The fourth-order valence-corrected chi connectivity index (χ4v) is 1.94. The van der Waals surface area contributed by atoms with Gasteiger partial charge in [-0.3, -0.25) is 4.79 Å². The number of rotatable bonds is 7. The molecule has 0 saturated carbocycles. The van der Waals surface area contributed by atoms with E-state index in [-0.39, 0.29) is 17.1 Å². The number of benzene rings is 1. The lowest BCUT2D eigenvalue weighted by atomic mass is 9.84. The first-order chi connectivity index (χ1) is 9.38. The van der Waals surface area contributed by atoms with Crippen molar-refractivity contribution in [1.29, 1.82) is 0 Å². The zero-order chi connectivity index (χ0) is 15.2. The van der Waals surface area contributed by atoms with E-state index in [0.29, 0.717) is 18.7 Å². The molecule has 1 rings (SSSR count). The van der Waals surface area contributed by atoms with E-state index in [1.807, 2.05) is 0 Å². The first-order valence-corrected chi connectivity index (χ1v) is 6.71. The van der Waals surface area contributed by atoms with Gasteiger partial charge in [0, 0.05) is 18.2 Å². The molecule has 0 atom stereocenters. The van der Waals surface area contributed by atoms with Crippen LogP contribution >= 0.6 is 0 Å². The van der Waals surface area contributed by atoms with Gasteiger partial charge in [0.05, 0.1) is 7.11 Å². The number of amides is 1. The Balaban J connectivity index is 2.52. The predicted molar refractivity (Wildman–Crippen MR) is 78.3 cm³/mol. The van der Waals surface area contributed by atoms with E-state index >= 15 is 0 Å². The van der Waals surface area contributed by atoms with Gasteiger partial charge in [-0.05, 0) is 36.9 Å². The Morgan fingerprint density at radius 2 is 2.10 bits per heavy atom. The number of nitrogens with one attached hydrogen (secondary N) is 1. The van der Waals surface area contributed by atoms with Crippen molar-refractivity contribution in [3.8, 4) is 5.75 Å². The minimum atomic E-state index is -0.492. The van der Waals surface area contributed by atoms with Crippen molar-refractivity contribution >= 4 is 11.6 Å². The Bertz CT molecular complexity index is 461. The molecule has 20 heavy (non-hydrogen) atoms. The van der Waals surface area contributed by atoms with Crippen LogP contribution < -0.4 is 15.8 Å². The summed E-state index contributed by atoms with van der Waals surface area (Å²) in [5, 5.41) is 2.68. The highest BCUT2D eigenvalue weighted by molar-refractivity contribution is 5.90. The normalized spacial score (nSPS) is 11.2. The highest BCUT2D eigenvalue weighted by Crippen LogP contribution is 2.26. The summed E-state index contributed by atoms with van der Waals surface area (Å²) in [7, 11) is 1.40. The van der Waals surface area contributed by atoms with Gasteiger partial charge >= 0.3 is 0 Å². The second kappa shape index (κ2) is 7.24. The number of carbonyl (C=O) groups is 1. The molecule has 0 fully saturated rings. The molecule has 0 unspecified atom stereocenters. The Morgan fingerprint density at radius 1 is 1.40 bits per heavy atom. The summed E-state index contributed by atoms with van der Waals surface area (Å²) in [5.74, 6) is -0.458. The molecule has 112 valence electrons. The van der Waals surface area contributed by atoms with Gasteiger partial charge in [0.1, 0.15) is 0 Å². The van der Waals surface area contributed by atoms with Gasteiger partial charge < -0.3 is 15.8 Å². The minimum Gasteiger partial charge on any atom is -0.494 e. The molecular formula is C15H23FN2O2. The second-order valence-electron chi connectivity index (χ2n) is 5.60. The quantitative estimate of drug-likeness (QED) is 0.808. The van der Waals surface area contributed by atoms with Crippen LogP contribution in [0.4, 0.5) is 10.1 Å². The van der Waals surface area contributed by atoms with Gasteiger partial charge in [0.15, 0.2) is 11.6 Å². The van der Waals surface area contributed by atoms with Crippen LogP contribution in [-0.2, 0) is 4.79 Å². The van der Waals surface area contributed by atoms with Crippen LogP contribution in [0.25, 0.3) is 0 Å². The molecule has 0 aliphatic rings. The molecule has 0 aliphatic heterocycles. The fourth-order valence-electron chi connectivity index (χ4n) is 1.94. The van der Waals surface area contributed by atoms with Crippen LogP contribution in [0.2, 0.25) is 0 Å². The Hall–Kier alpha value is -1.62. The van der Waals surface area contributed by atoms with Crippen molar-refractivity contribution < 1.29 is 13.9 Å². The number of hydrogen-bond acceptors (Lipinski definition) is 3. The minimum absolute atomic E-state index is 0.0389. The number of halogens is 1. The number of nitrogens with two attached hydrogens (primary N) is 1. The molecule has 0 bridgehead atoms. The lowest BCUT2D eigenvalue weighted by Crippen LogP contribution is -2.20. The number of anilines is 1. The molecule has 0 saturated heterocycles. The van der Waals surface area contributed by atoms with Gasteiger partial charge in [0.2, 0.25) is 5.91 Å². The summed E-state index contributed by atoms with van der Waals surface area (Å²) in [5.41, 5.74) is 6.01. The maximum absolute atomic E-state index is 13.5. The van der Waals surface area contributed by atoms with Crippen molar-refractivity contribution in [3.05, 3.63) is 24.0 Å². The maximum Gasteiger partial charge on any atom is 0.224 e. The van der Waals surface area contributed by atoms with Crippen molar-refractivity contribution in [2.24, 2.45) is 11.1 Å².